The fourth-order valence-electron chi connectivity index (χ4n) is 1.57. The molecule has 0 saturated heterocycles. The molecule has 2 rings (SSSR count). The number of anilines is 1. The van der Waals surface area contributed by atoms with Gasteiger partial charge in [-0.1, -0.05) is 23.7 Å². The van der Waals surface area contributed by atoms with Crippen LogP contribution in [0.4, 0.5) is 15.8 Å². The Balaban J connectivity index is 2.27. The lowest BCUT2D eigenvalue weighted by atomic mass is 10.2. The van der Waals surface area contributed by atoms with Gasteiger partial charge in [-0.2, -0.15) is 0 Å². The lowest BCUT2D eigenvalue weighted by Gasteiger charge is -2.06. The smallest absolute Gasteiger partial charge is 0.289 e. The molecule has 1 amide bonds. The van der Waals surface area contributed by atoms with Crippen molar-refractivity contribution in [2.24, 2.45) is 0 Å². The maximum Gasteiger partial charge on any atom is 0.289 e. The topological polar surface area (TPSA) is 72.2 Å². The Kier molecular flexibility index (Phi) is 3.95. The highest BCUT2D eigenvalue weighted by Gasteiger charge is 2.15. The first-order chi connectivity index (χ1) is 9.49. The van der Waals surface area contributed by atoms with Gasteiger partial charge in [0.05, 0.1) is 10.5 Å². The Hall–Kier alpha value is -2.47. The Morgan fingerprint density at radius 3 is 2.60 bits per heavy atom. The van der Waals surface area contributed by atoms with Crippen molar-refractivity contribution in [1.29, 1.82) is 0 Å². The summed E-state index contributed by atoms with van der Waals surface area (Å²) in [4.78, 5) is 21.9. The lowest BCUT2D eigenvalue weighted by Crippen LogP contribution is -2.13. The van der Waals surface area contributed by atoms with Crippen molar-refractivity contribution in [3.63, 3.8) is 0 Å². The van der Waals surface area contributed by atoms with Crippen molar-refractivity contribution in [2.45, 2.75) is 0 Å². The van der Waals surface area contributed by atoms with E-state index in [2.05, 4.69) is 5.32 Å². The molecular weight excluding hydrogens is 287 g/mol. The summed E-state index contributed by atoms with van der Waals surface area (Å²) >= 11 is 5.66. The number of carbonyl (C=O) groups excluding carboxylic acids is 1. The van der Waals surface area contributed by atoms with Gasteiger partial charge in [0.2, 0.25) is 0 Å². The van der Waals surface area contributed by atoms with Gasteiger partial charge in [0.1, 0.15) is 10.8 Å². The lowest BCUT2D eigenvalue weighted by molar-refractivity contribution is -0.384. The zero-order valence-electron chi connectivity index (χ0n) is 9.97. The normalized spacial score (nSPS) is 10.1. The first kappa shape index (κ1) is 14.0. The molecule has 0 aliphatic rings. The first-order valence-electron chi connectivity index (χ1n) is 5.49. The number of rotatable bonds is 3. The summed E-state index contributed by atoms with van der Waals surface area (Å²) in [7, 11) is 0. The quantitative estimate of drug-likeness (QED) is 0.694. The Morgan fingerprint density at radius 1 is 1.25 bits per heavy atom. The fourth-order valence-corrected chi connectivity index (χ4v) is 1.76. The second kappa shape index (κ2) is 5.66. The van der Waals surface area contributed by atoms with E-state index in [4.69, 9.17) is 11.6 Å². The average Bonchev–Trinajstić information content (AvgIpc) is 2.41. The molecule has 0 heterocycles. The van der Waals surface area contributed by atoms with E-state index in [0.717, 1.165) is 12.1 Å². The van der Waals surface area contributed by atoms with Crippen molar-refractivity contribution >= 4 is 28.9 Å². The molecular formula is C13H8ClFN2O3. The number of halogens is 2. The van der Waals surface area contributed by atoms with Crippen molar-refractivity contribution in [1.82, 2.24) is 0 Å². The SMILES string of the molecule is O=C(Nc1ccc(Cl)c([N+](=O)[O-])c1)c1ccccc1F. The van der Waals surface area contributed by atoms with Crippen LogP contribution in [0.2, 0.25) is 5.02 Å². The Labute approximate surface area is 118 Å². The minimum atomic E-state index is -0.695. The molecule has 0 aliphatic carbocycles. The van der Waals surface area contributed by atoms with E-state index in [1.165, 1.54) is 30.3 Å². The number of nitro benzene ring substituents is 1. The van der Waals surface area contributed by atoms with E-state index in [-0.39, 0.29) is 22.0 Å². The van der Waals surface area contributed by atoms with Crippen molar-refractivity contribution in [3.05, 3.63) is 69.0 Å². The predicted molar refractivity (Wildman–Crippen MR) is 72.5 cm³/mol. The largest absolute Gasteiger partial charge is 0.322 e. The number of nitro groups is 1. The minimum absolute atomic E-state index is 0.0427. The zero-order chi connectivity index (χ0) is 14.7. The summed E-state index contributed by atoms with van der Waals surface area (Å²) < 4.78 is 13.4. The van der Waals surface area contributed by atoms with E-state index < -0.39 is 16.6 Å². The minimum Gasteiger partial charge on any atom is -0.322 e. The average molecular weight is 295 g/mol. The molecule has 7 heteroatoms. The van der Waals surface area contributed by atoms with Crippen molar-refractivity contribution < 1.29 is 14.1 Å². The van der Waals surface area contributed by atoms with E-state index >= 15 is 0 Å². The molecule has 102 valence electrons. The second-order valence-corrected chi connectivity index (χ2v) is 4.26. The van der Waals surface area contributed by atoms with E-state index in [0.29, 0.717) is 0 Å². The number of nitrogens with zero attached hydrogens (tertiary/aromatic N) is 1. The van der Waals surface area contributed by atoms with Gasteiger partial charge < -0.3 is 5.32 Å². The van der Waals surface area contributed by atoms with Crippen LogP contribution in [0.15, 0.2) is 42.5 Å². The van der Waals surface area contributed by atoms with Gasteiger partial charge in [-0.3, -0.25) is 14.9 Å². The van der Waals surface area contributed by atoms with Gasteiger partial charge in [-0.25, -0.2) is 4.39 Å². The Morgan fingerprint density at radius 2 is 1.95 bits per heavy atom. The van der Waals surface area contributed by atoms with Crippen LogP contribution in [0.5, 0.6) is 0 Å². The molecule has 0 radical (unpaired) electrons. The highest BCUT2D eigenvalue weighted by Crippen LogP contribution is 2.27. The number of amides is 1. The van der Waals surface area contributed by atoms with E-state index in [9.17, 15) is 19.3 Å². The van der Waals surface area contributed by atoms with Gasteiger partial charge in [0.25, 0.3) is 11.6 Å². The van der Waals surface area contributed by atoms with Gasteiger partial charge in [0.15, 0.2) is 0 Å². The summed E-state index contributed by atoms with van der Waals surface area (Å²) in [5, 5.41) is 13.1. The fraction of sp³-hybridized carbons (Fsp3) is 0. The van der Waals surface area contributed by atoms with Gasteiger partial charge in [-0.15, -0.1) is 0 Å². The highest BCUT2D eigenvalue weighted by molar-refractivity contribution is 6.32. The van der Waals surface area contributed by atoms with Crippen LogP contribution in [0, 0.1) is 15.9 Å². The molecule has 1 N–H and O–H groups in total. The summed E-state index contributed by atoms with van der Waals surface area (Å²) in [5.74, 6) is -1.37. The summed E-state index contributed by atoms with van der Waals surface area (Å²) in [5.41, 5.74) is -0.322. The maximum absolute atomic E-state index is 13.4. The molecule has 20 heavy (non-hydrogen) atoms. The molecule has 0 aromatic heterocycles. The van der Waals surface area contributed by atoms with Gasteiger partial charge >= 0.3 is 0 Å². The molecule has 0 saturated carbocycles. The van der Waals surface area contributed by atoms with Crippen LogP contribution < -0.4 is 5.32 Å². The molecule has 0 spiro atoms. The first-order valence-corrected chi connectivity index (χ1v) is 5.86. The molecule has 0 unspecified atom stereocenters. The summed E-state index contributed by atoms with van der Waals surface area (Å²) in [6.45, 7) is 0. The molecule has 0 fully saturated rings. The van der Waals surface area contributed by atoms with Crippen LogP contribution in [0.3, 0.4) is 0 Å². The molecule has 5 nitrogen and oxygen atoms in total. The van der Waals surface area contributed by atoms with Crippen LogP contribution >= 0.6 is 11.6 Å². The summed E-state index contributed by atoms with van der Waals surface area (Å²) in [6.07, 6.45) is 0. The van der Waals surface area contributed by atoms with E-state index in [1.54, 1.807) is 0 Å². The number of benzene rings is 2. The van der Waals surface area contributed by atoms with Crippen LogP contribution in [-0.4, -0.2) is 10.8 Å². The van der Waals surface area contributed by atoms with Crippen LogP contribution in [0.25, 0.3) is 0 Å². The van der Waals surface area contributed by atoms with Crippen LogP contribution in [0.1, 0.15) is 10.4 Å². The predicted octanol–water partition coefficient (Wildman–Crippen LogP) is 3.64. The molecule has 2 aromatic rings. The van der Waals surface area contributed by atoms with Crippen molar-refractivity contribution in [3.8, 4) is 0 Å². The maximum atomic E-state index is 13.4. The molecule has 0 aliphatic heterocycles. The molecule has 0 bridgehead atoms. The number of hydrogen-bond acceptors (Lipinski definition) is 3. The zero-order valence-corrected chi connectivity index (χ0v) is 10.7. The second-order valence-electron chi connectivity index (χ2n) is 3.86. The third kappa shape index (κ3) is 2.92. The third-order valence-electron chi connectivity index (χ3n) is 2.52. The monoisotopic (exact) mass is 294 g/mol. The Bertz CT molecular complexity index is 691. The number of carbonyl (C=O) groups is 1. The van der Waals surface area contributed by atoms with Gasteiger partial charge in [-0.05, 0) is 24.3 Å². The standard InChI is InChI=1S/C13H8ClFN2O3/c14-10-6-5-8(7-12(10)17(19)20)16-13(18)9-3-1-2-4-11(9)15/h1-7H,(H,16,18). The van der Waals surface area contributed by atoms with Crippen LogP contribution in [-0.2, 0) is 0 Å². The van der Waals surface area contributed by atoms with Gasteiger partial charge in [0, 0.05) is 11.8 Å². The summed E-state index contributed by atoms with van der Waals surface area (Å²) in [6, 6.07) is 9.24. The third-order valence-corrected chi connectivity index (χ3v) is 2.84. The number of nitrogens with one attached hydrogen (secondary N) is 1. The molecule has 2 aromatic carbocycles. The van der Waals surface area contributed by atoms with Crippen molar-refractivity contribution in [2.75, 3.05) is 5.32 Å². The number of hydrogen-bond donors (Lipinski definition) is 1. The van der Waals surface area contributed by atoms with E-state index in [1.807, 2.05) is 0 Å². The molecule has 0 atom stereocenters. The highest BCUT2D eigenvalue weighted by atomic mass is 35.5.